The molecule has 3 nitrogen and oxygen atoms in total. The zero-order valence-corrected chi connectivity index (χ0v) is 13.0. The van der Waals surface area contributed by atoms with E-state index in [0.717, 1.165) is 12.6 Å². The topological polar surface area (TPSA) is 21.1 Å². The van der Waals surface area contributed by atoms with E-state index in [9.17, 15) is 0 Å². The summed E-state index contributed by atoms with van der Waals surface area (Å²) >= 11 is 1.89. The van der Waals surface area contributed by atoms with Crippen LogP contribution in [0.5, 0.6) is 0 Å². The van der Waals surface area contributed by atoms with Gasteiger partial charge in [0.05, 0.1) is 6.20 Å². The summed E-state index contributed by atoms with van der Waals surface area (Å²) in [7, 11) is 1.99. The summed E-state index contributed by atoms with van der Waals surface area (Å²) in [4.78, 5) is 4.19. The summed E-state index contributed by atoms with van der Waals surface area (Å²) in [6.07, 6.45) is 10.8. The molecule has 0 saturated carbocycles. The summed E-state index contributed by atoms with van der Waals surface area (Å²) in [5.41, 5.74) is 1.34. The highest BCUT2D eigenvalue weighted by molar-refractivity contribution is 7.09. The third-order valence-corrected chi connectivity index (χ3v) is 5.13. The van der Waals surface area contributed by atoms with E-state index in [1.165, 1.54) is 49.1 Å². The number of hydrogen-bond acceptors (Lipinski definition) is 3. The van der Waals surface area contributed by atoms with E-state index in [1.807, 2.05) is 29.3 Å². The van der Waals surface area contributed by atoms with Gasteiger partial charge in [0.25, 0.3) is 0 Å². The summed E-state index contributed by atoms with van der Waals surface area (Å²) in [6.45, 7) is 2.30. The first-order valence-corrected chi connectivity index (χ1v) is 8.43. The van der Waals surface area contributed by atoms with Crippen LogP contribution < -0.4 is 0 Å². The molecular formula is C16H23N3S. The van der Waals surface area contributed by atoms with E-state index >= 15 is 0 Å². The molecule has 3 heterocycles. The maximum Gasteiger partial charge on any atom is 0.0534 e. The van der Waals surface area contributed by atoms with Crippen LogP contribution in [-0.4, -0.2) is 27.3 Å². The minimum atomic E-state index is 0.742. The summed E-state index contributed by atoms with van der Waals surface area (Å²) in [5, 5.41) is 6.47. The van der Waals surface area contributed by atoms with Gasteiger partial charge in [0.2, 0.25) is 0 Å². The highest BCUT2D eigenvalue weighted by atomic mass is 32.1. The van der Waals surface area contributed by atoms with Crippen molar-refractivity contribution in [3.63, 3.8) is 0 Å². The quantitative estimate of drug-likeness (QED) is 0.840. The van der Waals surface area contributed by atoms with Crippen molar-refractivity contribution >= 4 is 11.3 Å². The molecule has 1 aliphatic heterocycles. The first-order chi connectivity index (χ1) is 9.81. The summed E-state index contributed by atoms with van der Waals surface area (Å²) in [6, 6.07) is 5.17. The number of aryl methyl sites for hydroxylation is 2. The average Bonchev–Trinajstić information content (AvgIpc) is 3.10. The van der Waals surface area contributed by atoms with Crippen LogP contribution in [0, 0.1) is 0 Å². The number of hydrogen-bond donors (Lipinski definition) is 0. The fourth-order valence-electron chi connectivity index (χ4n) is 3.15. The van der Waals surface area contributed by atoms with Crippen LogP contribution in [0.25, 0.3) is 0 Å². The molecule has 1 fully saturated rings. The maximum absolute atomic E-state index is 4.29. The highest BCUT2D eigenvalue weighted by Crippen LogP contribution is 2.24. The molecule has 0 radical (unpaired) electrons. The molecule has 2 aromatic rings. The molecule has 3 rings (SSSR count). The van der Waals surface area contributed by atoms with E-state index in [2.05, 4.69) is 33.7 Å². The smallest absolute Gasteiger partial charge is 0.0534 e. The standard InChI is InChI=1S/C16H23N3S/c1-18-12-14(11-17-18)13-19-9-3-2-5-15(19)7-8-16-6-4-10-20-16/h4,6,10-12,15H,2-3,5,7-9,13H2,1H3/t15-/m0/s1. The van der Waals surface area contributed by atoms with Crippen LogP contribution in [0.4, 0.5) is 0 Å². The lowest BCUT2D eigenvalue weighted by Crippen LogP contribution is -2.39. The van der Waals surface area contributed by atoms with Gasteiger partial charge in [0.15, 0.2) is 0 Å². The van der Waals surface area contributed by atoms with Crippen molar-refractivity contribution in [3.8, 4) is 0 Å². The molecule has 20 heavy (non-hydrogen) atoms. The first-order valence-electron chi connectivity index (χ1n) is 7.55. The molecule has 1 aliphatic rings. The van der Waals surface area contributed by atoms with Crippen LogP contribution in [0.1, 0.15) is 36.1 Å². The molecule has 4 heteroatoms. The average molecular weight is 289 g/mol. The molecule has 0 aliphatic carbocycles. The molecule has 0 N–H and O–H groups in total. The second kappa shape index (κ2) is 6.55. The van der Waals surface area contributed by atoms with Crippen molar-refractivity contribution in [1.29, 1.82) is 0 Å². The van der Waals surface area contributed by atoms with Gasteiger partial charge in [-0.25, -0.2) is 0 Å². The number of rotatable bonds is 5. The minimum Gasteiger partial charge on any atom is -0.296 e. The van der Waals surface area contributed by atoms with E-state index in [1.54, 1.807) is 0 Å². The second-order valence-corrected chi connectivity index (χ2v) is 6.79. The lowest BCUT2D eigenvalue weighted by molar-refractivity contribution is 0.132. The fraction of sp³-hybridized carbons (Fsp3) is 0.562. The normalized spacial score (nSPS) is 20.4. The van der Waals surface area contributed by atoms with Gasteiger partial charge in [0.1, 0.15) is 0 Å². The highest BCUT2D eigenvalue weighted by Gasteiger charge is 2.22. The lowest BCUT2D eigenvalue weighted by atomic mass is 9.97. The monoisotopic (exact) mass is 289 g/mol. The van der Waals surface area contributed by atoms with Gasteiger partial charge in [-0.15, -0.1) is 11.3 Å². The Morgan fingerprint density at radius 3 is 3.10 bits per heavy atom. The molecule has 1 atom stereocenters. The Labute approximate surface area is 125 Å². The van der Waals surface area contributed by atoms with E-state index in [4.69, 9.17) is 0 Å². The van der Waals surface area contributed by atoms with Gasteiger partial charge in [0, 0.05) is 36.3 Å². The van der Waals surface area contributed by atoms with Crippen molar-refractivity contribution in [2.75, 3.05) is 6.54 Å². The van der Waals surface area contributed by atoms with E-state index < -0.39 is 0 Å². The number of likely N-dealkylation sites (tertiary alicyclic amines) is 1. The van der Waals surface area contributed by atoms with Crippen LogP contribution in [0.15, 0.2) is 29.9 Å². The number of aromatic nitrogens is 2. The molecule has 0 unspecified atom stereocenters. The molecule has 0 amide bonds. The molecule has 1 saturated heterocycles. The fourth-order valence-corrected chi connectivity index (χ4v) is 3.87. The number of thiophene rings is 1. The predicted molar refractivity (Wildman–Crippen MR) is 83.9 cm³/mol. The Morgan fingerprint density at radius 1 is 1.40 bits per heavy atom. The predicted octanol–water partition coefficient (Wildman–Crippen LogP) is 3.47. The van der Waals surface area contributed by atoms with E-state index in [-0.39, 0.29) is 0 Å². The molecule has 0 bridgehead atoms. The zero-order chi connectivity index (χ0) is 13.8. The maximum atomic E-state index is 4.29. The number of nitrogens with zero attached hydrogens (tertiary/aromatic N) is 3. The third kappa shape index (κ3) is 3.49. The van der Waals surface area contributed by atoms with Crippen molar-refractivity contribution in [2.24, 2.45) is 7.05 Å². The Morgan fingerprint density at radius 2 is 2.35 bits per heavy atom. The Hall–Kier alpha value is -1.13. The molecule has 0 aromatic carbocycles. The van der Waals surface area contributed by atoms with Crippen LogP contribution in [0.3, 0.4) is 0 Å². The summed E-state index contributed by atoms with van der Waals surface area (Å²) < 4.78 is 1.90. The Kier molecular flexibility index (Phi) is 4.53. The first kappa shape index (κ1) is 13.8. The molecule has 0 spiro atoms. The van der Waals surface area contributed by atoms with E-state index in [0.29, 0.717) is 0 Å². The molecular weight excluding hydrogens is 266 g/mol. The van der Waals surface area contributed by atoms with Crippen LogP contribution >= 0.6 is 11.3 Å². The van der Waals surface area contributed by atoms with Crippen molar-refractivity contribution in [2.45, 2.75) is 44.7 Å². The van der Waals surface area contributed by atoms with Gasteiger partial charge in [-0.05, 0) is 43.7 Å². The lowest BCUT2D eigenvalue weighted by Gasteiger charge is -2.35. The van der Waals surface area contributed by atoms with Gasteiger partial charge in [-0.3, -0.25) is 9.58 Å². The van der Waals surface area contributed by atoms with Gasteiger partial charge >= 0.3 is 0 Å². The van der Waals surface area contributed by atoms with Crippen molar-refractivity contribution in [1.82, 2.24) is 14.7 Å². The van der Waals surface area contributed by atoms with Gasteiger partial charge in [-0.2, -0.15) is 5.10 Å². The van der Waals surface area contributed by atoms with Crippen molar-refractivity contribution < 1.29 is 0 Å². The summed E-state index contributed by atoms with van der Waals surface area (Å²) in [5.74, 6) is 0. The third-order valence-electron chi connectivity index (χ3n) is 4.20. The molecule has 108 valence electrons. The zero-order valence-electron chi connectivity index (χ0n) is 12.2. The largest absolute Gasteiger partial charge is 0.296 e. The van der Waals surface area contributed by atoms with Crippen LogP contribution in [0.2, 0.25) is 0 Å². The Bertz CT molecular complexity index is 518. The van der Waals surface area contributed by atoms with Crippen LogP contribution in [-0.2, 0) is 20.0 Å². The second-order valence-electron chi connectivity index (χ2n) is 5.76. The Balaban J connectivity index is 1.58. The van der Waals surface area contributed by atoms with Gasteiger partial charge < -0.3 is 0 Å². The minimum absolute atomic E-state index is 0.742. The number of piperidine rings is 1. The SMILES string of the molecule is Cn1cc(CN2CCCC[C@H]2CCc2cccs2)cn1. The van der Waals surface area contributed by atoms with Gasteiger partial charge in [-0.1, -0.05) is 12.5 Å². The molecule has 2 aromatic heterocycles. The van der Waals surface area contributed by atoms with Crippen molar-refractivity contribution in [3.05, 3.63) is 40.3 Å².